The molecule has 3 aromatic rings. The molecule has 3 aromatic carbocycles. The second-order valence-corrected chi connectivity index (χ2v) is 10.0. The highest BCUT2D eigenvalue weighted by molar-refractivity contribution is 5.78. The van der Waals surface area contributed by atoms with Gasteiger partial charge in [-0.1, -0.05) is 66.7 Å². The minimum absolute atomic E-state index is 0.0524. The molecule has 0 bridgehead atoms. The van der Waals surface area contributed by atoms with Crippen molar-refractivity contribution in [3.05, 3.63) is 107 Å². The van der Waals surface area contributed by atoms with Crippen molar-refractivity contribution in [2.45, 2.75) is 56.0 Å². The molecule has 1 heterocycles. The maximum absolute atomic E-state index is 13.4. The van der Waals surface area contributed by atoms with Gasteiger partial charge in [-0.15, -0.1) is 0 Å². The van der Waals surface area contributed by atoms with E-state index < -0.39 is 11.6 Å². The van der Waals surface area contributed by atoms with Crippen molar-refractivity contribution in [3.63, 3.8) is 0 Å². The van der Waals surface area contributed by atoms with E-state index in [9.17, 15) is 13.6 Å². The number of hydrogen-bond donors (Lipinski definition) is 1. The normalized spacial score (nSPS) is 20.6. The highest BCUT2D eigenvalue weighted by Gasteiger charge is 2.40. The van der Waals surface area contributed by atoms with E-state index in [4.69, 9.17) is 0 Å². The average Bonchev–Trinajstić information content (AvgIpc) is 3.35. The molecule has 0 radical (unpaired) electrons. The molecule has 2 fully saturated rings. The predicted octanol–water partition coefficient (Wildman–Crippen LogP) is 5.63. The lowest BCUT2D eigenvalue weighted by molar-refractivity contribution is -0.121. The van der Waals surface area contributed by atoms with Crippen LogP contribution in [-0.4, -0.2) is 36.0 Å². The quantitative estimate of drug-likeness (QED) is 0.502. The molecule has 1 saturated carbocycles. The zero-order valence-corrected chi connectivity index (χ0v) is 19.9. The highest BCUT2D eigenvalue weighted by atomic mass is 19.2. The third-order valence-corrected chi connectivity index (χ3v) is 7.91. The van der Waals surface area contributed by atoms with Crippen LogP contribution < -0.4 is 5.32 Å². The number of rotatable bonds is 6. The van der Waals surface area contributed by atoms with Gasteiger partial charge < -0.3 is 5.32 Å². The van der Waals surface area contributed by atoms with E-state index in [-0.39, 0.29) is 23.8 Å². The molecule has 35 heavy (non-hydrogen) atoms. The van der Waals surface area contributed by atoms with Crippen LogP contribution in [0.1, 0.15) is 48.8 Å². The Morgan fingerprint density at radius 3 is 2.09 bits per heavy atom. The molecular weight excluding hydrogens is 442 g/mol. The van der Waals surface area contributed by atoms with E-state index in [0.717, 1.165) is 57.3 Å². The minimum Gasteiger partial charge on any atom is -0.352 e. The van der Waals surface area contributed by atoms with Gasteiger partial charge in [0.15, 0.2) is 11.6 Å². The van der Waals surface area contributed by atoms with Crippen molar-refractivity contribution in [2.75, 3.05) is 13.1 Å². The summed E-state index contributed by atoms with van der Waals surface area (Å²) in [5.41, 5.74) is 3.33. The lowest BCUT2D eigenvalue weighted by Gasteiger charge is -2.43. The Morgan fingerprint density at radius 1 is 0.857 bits per heavy atom. The van der Waals surface area contributed by atoms with Gasteiger partial charge in [0.2, 0.25) is 5.91 Å². The van der Waals surface area contributed by atoms with Crippen LogP contribution in [0.25, 0.3) is 0 Å². The summed E-state index contributed by atoms with van der Waals surface area (Å²) in [6, 6.07) is 26.0. The number of nitrogens with zero attached hydrogens (tertiary/aromatic N) is 1. The lowest BCUT2D eigenvalue weighted by Crippen LogP contribution is -2.44. The van der Waals surface area contributed by atoms with Crippen LogP contribution in [0.4, 0.5) is 8.78 Å². The fourth-order valence-corrected chi connectivity index (χ4v) is 6.07. The van der Waals surface area contributed by atoms with Crippen LogP contribution in [-0.2, 0) is 16.6 Å². The van der Waals surface area contributed by atoms with Crippen LogP contribution >= 0.6 is 0 Å². The molecule has 1 atom stereocenters. The summed E-state index contributed by atoms with van der Waals surface area (Å²) in [5, 5.41) is 3.10. The van der Waals surface area contributed by atoms with Gasteiger partial charge in [-0.25, -0.2) is 8.78 Å². The molecule has 3 nitrogen and oxygen atoms in total. The Kier molecular flexibility index (Phi) is 6.96. The molecule has 1 amide bonds. The minimum atomic E-state index is -0.915. The molecule has 1 unspecified atom stereocenters. The molecule has 0 aromatic heterocycles. The first-order chi connectivity index (χ1) is 17.0. The summed E-state index contributed by atoms with van der Waals surface area (Å²) >= 11 is 0. The van der Waals surface area contributed by atoms with Crippen LogP contribution in [0.3, 0.4) is 0 Å². The van der Waals surface area contributed by atoms with Gasteiger partial charge in [-0.2, -0.15) is 0 Å². The molecule has 5 rings (SSSR count). The van der Waals surface area contributed by atoms with Crippen molar-refractivity contribution in [1.29, 1.82) is 0 Å². The van der Waals surface area contributed by atoms with Crippen molar-refractivity contribution < 1.29 is 13.6 Å². The van der Waals surface area contributed by atoms with E-state index in [1.807, 2.05) is 0 Å². The second-order valence-electron chi connectivity index (χ2n) is 10.0. The summed E-state index contributed by atoms with van der Waals surface area (Å²) in [6.45, 7) is 1.82. The first-order valence-corrected chi connectivity index (χ1v) is 12.6. The number of hydrogen-bond acceptors (Lipinski definition) is 2. The molecule has 1 aliphatic carbocycles. The first-order valence-electron chi connectivity index (χ1n) is 12.6. The Hall–Kier alpha value is -3.05. The van der Waals surface area contributed by atoms with Gasteiger partial charge in [0, 0.05) is 30.6 Å². The van der Waals surface area contributed by atoms with Gasteiger partial charge in [0.05, 0.1) is 6.42 Å². The van der Waals surface area contributed by atoms with E-state index in [1.54, 1.807) is 0 Å². The van der Waals surface area contributed by atoms with Gasteiger partial charge in [-0.05, 0) is 60.9 Å². The maximum Gasteiger partial charge on any atom is 0.224 e. The van der Waals surface area contributed by atoms with Crippen LogP contribution in [0, 0.1) is 11.6 Å². The van der Waals surface area contributed by atoms with E-state index >= 15 is 0 Å². The average molecular weight is 475 g/mol. The predicted molar refractivity (Wildman–Crippen MR) is 134 cm³/mol. The zero-order chi connectivity index (χ0) is 24.3. The maximum atomic E-state index is 13.4. The Morgan fingerprint density at radius 2 is 1.49 bits per heavy atom. The second kappa shape index (κ2) is 10.3. The van der Waals surface area contributed by atoms with Crippen molar-refractivity contribution in [2.24, 2.45) is 0 Å². The number of halogens is 2. The number of amides is 1. The third kappa shape index (κ3) is 5.15. The molecule has 1 aliphatic heterocycles. The molecule has 5 heteroatoms. The number of carbonyl (C=O) groups excluding carboxylic acids is 1. The third-order valence-electron chi connectivity index (χ3n) is 7.91. The molecule has 0 spiro atoms. The highest BCUT2D eigenvalue weighted by Crippen LogP contribution is 2.46. The smallest absolute Gasteiger partial charge is 0.224 e. The standard InChI is InChI=1S/C30H32F2N2O/c31-27-12-11-22(19-28(27)32)20-29(35)33-25-15-18-34(21-25)26-13-16-30(17-14-26,23-7-3-1-4-8-23)24-9-5-2-6-10-24/h1-12,19,25-26H,13-18,20-21H2,(H,33,35). The van der Waals surface area contributed by atoms with Crippen molar-refractivity contribution in [3.8, 4) is 0 Å². The van der Waals surface area contributed by atoms with Gasteiger partial charge in [0.1, 0.15) is 0 Å². The summed E-state index contributed by atoms with van der Waals surface area (Å²) in [7, 11) is 0. The topological polar surface area (TPSA) is 32.3 Å². The van der Waals surface area contributed by atoms with E-state index in [2.05, 4.69) is 70.9 Å². The van der Waals surface area contributed by atoms with E-state index in [1.165, 1.54) is 17.2 Å². The summed E-state index contributed by atoms with van der Waals surface area (Å²) < 4.78 is 26.6. The van der Waals surface area contributed by atoms with Crippen LogP contribution in [0.5, 0.6) is 0 Å². The largest absolute Gasteiger partial charge is 0.352 e. The molecule has 1 N–H and O–H groups in total. The summed E-state index contributed by atoms with van der Waals surface area (Å²) in [4.78, 5) is 15.0. The monoisotopic (exact) mass is 474 g/mol. The number of nitrogens with one attached hydrogen (secondary N) is 1. The molecular formula is C30H32F2N2O. The van der Waals surface area contributed by atoms with Gasteiger partial charge in [0.25, 0.3) is 0 Å². The fourth-order valence-electron chi connectivity index (χ4n) is 6.07. The zero-order valence-electron chi connectivity index (χ0n) is 19.9. The van der Waals surface area contributed by atoms with Gasteiger partial charge in [-0.3, -0.25) is 9.69 Å². The number of carbonyl (C=O) groups is 1. The summed E-state index contributed by atoms with van der Waals surface area (Å²) in [5.74, 6) is -1.95. The Balaban J connectivity index is 1.19. The van der Waals surface area contributed by atoms with Crippen molar-refractivity contribution in [1.82, 2.24) is 10.2 Å². The first kappa shape index (κ1) is 23.7. The fraction of sp³-hybridized carbons (Fsp3) is 0.367. The SMILES string of the molecule is O=C(Cc1ccc(F)c(F)c1)NC1CCN(C2CCC(c3ccccc3)(c3ccccc3)CC2)C1. The number of likely N-dealkylation sites (tertiary alicyclic amines) is 1. The Labute approximate surface area is 206 Å². The molecule has 1 saturated heterocycles. The number of benzene rings is 3. The molecule has 182 valence electrons. The van der Waals surface area contributed by atoms with E-state index in [0.29, 0.717) is 11.6 Å². The van der Waals surface area contributed by atoms with Crippen LogP contribution in [0.2, 0.25) is 0 Å². The molecule has 2 aliphatic rings. The van der Waals surface area contributed by atoms with Gasteiger partial charge >= 0.3 is 0 Å². The summed E-state index contributed by atoms with van der Waals surface area (Å²) in [6.07, 6.45) is 5.44. The van der Waals surface area contributed by atoms with Crippen molar-refractivity contribution >= 4 is 5.91 Å². The van der Waals surface area contributed by atoms with Crippen LogP contribution in [0.15, 0.2) is 78.9 Å². The Bertz CT molecular complexity index is 1100. The lowest BCUT2D eigenvalue weighted by atomic mass is 9.64.